The minimum atomic E-state index is -1.18. The van der Waals surface area contributed by atoms with Crippen LogP contribution in [-0.2, 0) is 14.3 Å². The van der Waals surface area contributed by atoms with Crippen LogP contribution in [0.25, 0.3) is 0 Å². The molecule has 1 unspecified atom stereocenters. The van der Waals surface area contributed by atoms with Gasteiger partial charge in [0, 0.05) is 13.2 Å². The van der Waals surface area contributed by atoms with Gasteiger partial charge in [-0.05, 0) is 26.7 Å². The summed E-state index contributed by atoms with van der Waals surface area (Å²) in [5.74, 6) is -1.18. The molecule has 0 aromatic rings. The van der Waals surface area contributed by atoms with Gasteiger partial charge in [0.1, 0.15) is 11.6 Å². The van der Waals surface area contributed by atoms with Crippen molar-refractivity contribution in [2.45, 2.75) is 32.8 Å². The monoisotopic (exact) mass is 241 g/mol. The van der Waals surface area contributed by atoms with Crippen LogP contribution in [-0.4, -0.2) is 37.0 Å². The fraction of sp³-hybridized carbons (Fsp3) is 0.667. The first-order chi connectivity index (χ1) is 8.11. The molecule has 0 amide bonds. The second-order valence-corrected chi connectivity index (χ2v) is 3.52. The predicted octanol–water partition coefficient (Wildman–Crippen LogP) is 1.74. The number of allylic oxidation sites excluding steroid dienone is 1. The summed E-state index contributed by atoms with van der Waals surface area (Å²) in [6.45, 7) is 5.59. The second-order valence-electron chi connectivity index (χ2n) is 3.52. The largest absolute Gasteiger partial charge is 0.477 e. The van der Waals surface area contributed by atoms with E-state index in [0.29, 0.717) is 32.7 Å². The minimum absolute atomic E-state index is 0.0734. The van der Waals surface area contributed by atoms with Crippen LogP contribution < -0.4 is 0 Å². The SMILES string of the molecule is CCOC(C)COCCCC=C(C#N)C(=O)O. The second kappa shape index (κ2) is 9.82. The highest BCUT2D eigenvalue weighted by Gasteiger charge is 2.04. The van der Waals surface area contributed by atoms with E-state index in [1.54, 1.807) is 6.07 Å². The number of nitriles is 1. The molecule has 0 radical (unpaired) electrons. The smallest absolute Gasteiger partial charge is 0.346 e. The highest BCUT2D eigenvalue weighted by atomic mass is 16.5. The molecule has 1 atom stereocenters. The summed E-state index contributed by atoms with van der Waals surface area (Å²) in [7, 11) is 0. The van der Waals surface area contributed by atoms with Gasteiger partial charge in [-0.3, -0.25) is 0 Å². The van der Waals surface area contributed by atoms with Crippen molar-refractivity contribution in [1.29, 1.82) is 5.26 Å². The van der Waals surface area contributed by atoms with Gasteiger partial charge in [0.15, 0.2) is 0 Å². The molecule has 1 N–H and O–H groups in total. The summed E-state index contributed by atoms with van der Waals surface area (Å²) in [4.78, 5) is 10.5. The molecule has 0 heterocycles. The van der Waals surface area contributed by atoms with Crippen molar-refractivity contribution in [3.05, 3.63) is 11.6 Å². The Morgan fingerprint density at radius 2 is 2.29 bits per heavy atom. The lowest BCUT2D eigenvalue weighted by Crippen LogP contribution is -2.16. The molecule has 96 valence electrons. The third kappa shape index (κ3) is 8.43. The first kappa shape index (κ1) is 15.6. The third-order valence-electron chi connectivity index (χ3n) is 2.00. The standard InChI is InChI=1S/C12H19NO4/c1-3-17-10(2)9-16-7-5-4-6-11(8-13)12(14)15/h6,10H,3-5,7,9H2,1-2H3,(H,14,15). The number of carbonyl (C=O) groups is 1. The van der Waals surface area contributed by atoms with Crippen LogP contribution >= 0.6 is 0 Å². The lowest BCUT2D eigenvalue weighted by Gasteiger charge is -2.11. The van der Waals surface area contributed by atoms with Crippen molar-refractivity contribution >= 4 is 5.97 Å². The zero-order valence-corrected chi connectivity index (χ0v) is 10.3. The van der Waals surface area contributed by atoms with Crippen LogP contribution in [0, 0.1) is 11.3 Å². The molecule has 0 rings (SSSR count). The first-order valence-electron chi connectivity index (χ1n) is 5.64. The van der Waals surface area contributed by atoms with Crippen molar-refractivity contribution in [3.8, 4) is 6.07 Å². The maximum Gasteiger partial charge on any atom is 0.346 e. The van der Waals surface area contributed by atoms with E-state index in [4.69, 9.17) is 19.8 Å². The number of aliphatic carboxylic acids is 1. The molecule has 0 aromatic heterocycles. The number of nitrogens with zero attached hydrogens (tertiary/aromatic N) is 1. The van der Waals surface area contributed by atoms with Gasteiger partial charge in [0.05, 0.1) is 12.7 Å². The van der Waals surface area contributed by atoms with Crippen molar-refractivity contribution in [1.82, 2.24) is 0 Å². The molecule has 0 aliphatic heterocycles. The van der Waals surface area contributed by atoms with Crippen molar-refractivity contribution in [2.24, 2.45) is 0 Å². The number of rotatable bonds is 9. The molecule has 0 aromatic carbocycles. The fourth-order valence-corrected chi connectivity index (χ4v) is 1.19. The quantitative estimate of drug-likeness (QED) is 0.378. The van der Waals surface area contributed by atoms with Gasteiger partial charge in [0.25, 0.3) is 0 Å². The highest BCUT2D eigenvalue weighted by Crippen LogP contribution is 2.00. The van der Waals surface area contributed by atoms with E-state index in [2.05, 4.69) is 0 Å². The first-order valence-corrected chi connectivity index (χ1v) is 5.64. The van der Waals surface area contributed by atoms with Gasteiger partial charge in [-0.15, -0.1) is 0 Å². The minimum Gasteiger partial charge on any atom is -0.477 e. The van der Waals surface area contributed by atoms with Crippen LogP contribution in [0.3, 0.4) is 0 Å². The fourth-order valence-electron chi connectivity index (χ4n) is 1.19. The molecule has 0 fully saturated rings. The van der Waals surface area contributed by atoms with Crippen molar-refractivity contribution < 1.29 is 19.4 Å². The van der Waals surface area contributed by atoms with E-state index in [1.807, 2.05) is 13.8 Å². The zero-order valence-electron chi connectivity index (χ0n) is 10.3. The van der Waals surface area contributed by atoms with Crippen LogP contribution in [0.2, 0.25) is 0 Å². The van der Waals surface area contributed by atoms with Crippen LogP contribution in [0.15, 0.2) is 11.6 Å². The third-order valence-corrected chi connectivity index (χ3v) is 2.00. The van der Waals surface area contributed by atoms with E-state index in [9.17, 15) is 4.79 Å². The summed E-state index contributed by atoms with van der Waals surface area (Å²) in [5, 5.41) is 17.1. The van der Waals surface area contributed by atoms with Gasteiger partial charge < -0.3 is 14.6 Å². The number of unbranched alkanes of at least 4 members (excludes halogenated alkanes) is 1. The number of carboxylic acid groups (broad SMARTS) is 1. The van der Waals surface area contributed by atoms with Crippen LogP contribution in [0.5, 0.6) is 0 Å². The summed E-state index contributed by atoms with van der Waals surface area (Å²) < 4.78 is 10.6. The van der Waals surface area contributed by atoms with E-state index in [-0.39, 0.29) is 11.7 Å². The molecular formula is C12H19NO4. The summed E-state index contributed by atoms with van der Waals surface area (Å²) in [6, 6.07) is 1.63. The van der Waals surface area contributed by atoms with E-state index in [0.717, 1.165) is 0 Å². The van der Waals surface area contributed by atoms with Gasteiger partial charge in [-0.25, -0.2) is 4.79 Å². The molecule has 0 saturated carbocycles. The Morgan fingerprint density at radius 3 is 2.82 bits per heavy atom. The van der Waals surface area contributed by atoms with Crippen molar-refractivity contribution in [3.63, 3.8) is 0 Å². The highest BCUT2D eigenvalue weighted by molar-refractivity contribution is 5.90. The molecule has 0 bridgehead atoms. The van der Waals surface area contributed by atoms with Crippen molar-refractivity contribution in [2.75, 3.05) is 19.8 Å². The Hall–Kier alpha value is -1.38. The van der Waals surface area contributed by atoms with E-state index in [1.165, 1.54) is 6.08 Å². The Morgan fingerprint density at radius 1 is 1.59 bits per heavy atom. The average molecular weight is 241 g/mol. The van der Waals surface area contributed by atoms with Crippen LogP contribution in [0.4, 0.5) is 0 Å². The lowest BCUT2D eigenvalue weighted by molar-refractivity contribution is -0.132. The molecular weight excluding hydrogens is 222 g/mol. The number of carboxylic acids is 1. The Kier molecular flexibility index (Phi) is 9.02. The lowest BCUT2D eigenvalue weighted by atomic mass is 10.2. The number of ether oxygens (including phenoxy) is 2. The molecule has 0 aliphatic carbocycles. The number of hydrogen-bond acceptors (Lipinski definition) is 4. The average Bonchev–Trinajstić information content (AvgIpc) is 2.28. The topological polar surface area (TPSA) is 79.5 Å². The molecule has 0 spiro atoms. The normalized spacial score (nSPS) is 13.1. The maximum absolute atomic E-state index is 10.5. The van der Waals surface area contributed by atoms with Gasteiger partial charge in [-0.1, -0.05) is 6.08 Å². The summed E-state index contributed by atoms with van der Waals surface area (Å²) in [5.41, 5.74) is -0.215. The molecule has 17 heavy (non-hydrogen) atoms. The summed E-state index contributed by atoms with van der Waals surface area (Å²) >= 11 is 0. The predicted molar refractivity (Wildman–Crippen MR) is 62.5 cm³/mol. The van der Waals surface area contributed by atoms with Crippen LogP contribution in [0.1, 0.15) is 26.7 Å². The van der Waals surface area contributed by atoms with Gasteiger partial charge in [0.2, 0.25) is 0 Å². The Labute approximate surface area is 102 Å². The van der Waals surface area contributed by atoms with Gasteiger partial charge in [-0.2, -0.15) is 5.26 Å². The van der Waals surface area contributed by atoms with Gasteiger partial charge >= 0.3 is 5.97 Å². The summed E-state index contributed by atoms with van der Waals surface area (Å²) in [6.07, 6.45) is 2.71. The molecule has 5 heteroatoms. The Bertz CT molecular complexity index is 293. The zero-order chi connectivity index (χ0) is 13.1. The maximum atomic E-state index is 10.5. The number of hydrogen-bond donors (Lipinski definition) is 1. The van der Waals surface area contributed by atoms with E-state index < -0.39 is 5.97 Å². The molecule has 5 nitrogen and oxygen atoms in total. The Balaban J connectivity index is 3.59. The molecule has 0 aliphatic rings. The van der Waals surface area contributed by atoms with E-state index >= 15 is 0 Å². The molecule has 0 saturated heterocycles.